The highest BCUT2D eigenvalue weighted by Crippen LogP contribution is 2.12. The molecule has 0 aromatic heterocycles. The number of nitrogens with zero attached hydrogens (tertiary/aromatic N) is 2. The molecule has 0 atom stereocenters. The van der Waals surface area contributed by atoms with Gasteiger partial charge < -0.3 is 24.5 Å². The molecule has 0 heterocycles. The molecule has 0 aliphatic heterocycles. The molecule has 32 heavy (non-hydrogen) atoms. The zero-order valence-electron chi connectivity index (χ0n) is 19.8. The molecule has 3 aromatic carbocycles. The van der Waals surface area contributed by atoms with Gasteiger partial charge in [-0.2, -0.15) is 0 Å². The summed E-state index contributed by atoms with van der Waals surface area (Å²) in [7, 11) is -1.73. The summed E-state index contributed by atoms with van der Waals surface area (Å²) in [6.45, 7) is 13.0. The van der Waals surface area contributed by atoms with Crippen LogP contribution in [0.25, 0.3) is 0 Å². The Morgan fingerprint density at radius 2 is 0.875 bits per heavy atom. The minimum absolute atomic E-state index is 0.442. The van der Waals surface area contributed by atoms with Gasteiger partial charge >= 0.3 is 7.32 Å². The Balaban J connectivity index is 0.000000240. The van der Waals surface area contributed by atoms with Crippen LogP contribution >= 0.6 is 0 Å². The monoisotopic (exact) mass is 436 g/mol. The first-order chi connectivity index (χ1) is 15.5. The topological polar surface area (TPSA) is 56.2 Å². The van der Waals surface area contributed by atoms with E-state index in [0.29, 0.717) is 5.75 Å². The van der Waals surface area contributed by atoms with Crippen LogP contribution in [0.1, 0.15) is 27.7 Å². The molecule has 0 fully saturated rings. The maximum absolute atomic E-state index is 8.34. The van der Waals surface area contributed by atoms with E-state index in [-0.39, 0.29) is 0 Å². The first-order valence-corrected chi connectivity index (χ1v) is 11.2. The van der Waals surface area contributed by atoms with Crippen molar-refractivity contribution in [1.29, 1.82) is 0 Å². The first kappa shape index (κ1) is 27.1. The van der Waals surface area contributed by atoms with Crippen molar-refractivity contribution in [3.63, 3.8) is 0 Å². The van der Waals surface area contributed by atoms with Gasteiger partial charge in [0, 0.05) is 37.6 Å². The van der Waals surface area contributed by atoms with Crippen molar-refractivity contribution in [1.82, 2.24) is 0 Å². The van der Waals surface area contributed by atoms with Gasteiger partial charge in [0.05, 0.1) is 0 Å². The highest BCUT2D eigenvalue weighted by Gasteiger charge is 2.09. The molecule has 0 spiro atoms. The van der Waals surface area contributed by atoms with E-state index in [1.54, 1.807) is 24.3 Å². The van der Waals surface area contributed by atoms with E-state index in [2.05, 4.69) is 90.7 Å². The van der Waals surface area contributed by atoms with E-state index in [0.717, 1.165) is 26.2 Å². The van der Waals surface area contributed by atoms with Crippen molar-refractivity contribution in [2.75, 3.05) is 36.0 Å². The summed E-state index contributed by atoms with van der Waals surface area (Å²) < 4.78 is 4.53. The maximum atomic E-state index is 8.34. The minimum atomic E-state index is -1.73. The van der Waals surface area contributed by atoms with Crippen molar-refractivity contribution in [2.24, 2.45) is 0 Å². The van der Waals surface area contributed by atoms with Crippen LogP contribution in [0, 0.1) is 0 Å². The third-order valence-corrected chi connectivity index (χ3v) is 4.75. The molecular weight excluding hydrogens is 399 g/mol. The van der Waals surface area contributed by atoms with Crippen LogP contribution < -0.4 is 14.5 Å². The average molecular weight is 436 g/mol. The third kappa shape index (κ3) is 10.9. The number of anilines is 2. The van der Waals surface area contributed by atoms with Crippen LogP contribution in [0.15, 0.2) is 91.0 Å². The quantitative estimate of drug-likeness (QED) is 0.481. The molecule has 0 saturated carbocycles. The van der Waals surface area contributed by atoms with Gasteiger partial charge in [-0.05, 0) is 64.1 Å². The Morgan fingerprint density at radius 1 is 0.562 bits per heavy atom. The van der Waals surface area contributed by atoms with Gasteiger partial charge in [-0.25, -0.2) is 0 Å². The second-order valence-electron chi connectivity index (χ2n) is 6.77. The fourth-order valence-electron chi connectivity index (χ4n) is 3.08. The summed E-state index contributed by atoms with van der Waals surface area (Å²) in [6.07, 6.45) is 0. The van der Waals surface area contributed by atoms with Crippen LogP contribution in [-0.2, 0) is 0 Å². The SMILES string of the molecule is CCN(CC)c1ccccc1.CCN(CC)c1ccccc1.OB(O)Oc1ccccc1. The van der Waals surface area contributed by atoms with Crippen molar-refractivity contribution in [3.05, 3.63) is 91.0 Å². The van der Waals surface area contributed by atoms with Gasteiger partial charge in [-0.15, -0.1) is 0 Å². The van der Waals surface area contributed by atoms with E-state index >= 15 is 0 Å². The van der Waals surface area contributed by atoms with E-state index in [1.807, 2.05) is 18.2 Å². The minimum Gasteiger partial charge on any atom is -0.512 e. The molecule has 172 valence electrons. The molecule has 6 heteroatoms. The Kier molecular flexibility index (Phi) is 14.1. The summed E-state index contributed by atoms with van der Waals surface area (Å²) in [5.74, 6) is 0.442. The molecule has 0 unspecified atom stereocenters. The normalized spacial score (nSPS) is 9.44. The molecule has 0 aliphatic carbocycles. The standard InChI is InChI=1S/2C10H15N.C6H7BO3/c2*1-3-11(4-2)10-8-6-5-7-9-10;8-7(9)10-6-4-2-1-3-5-6/h2*5-9H,3-4H2,1-2H3;1-5,8-9H. The Bertz CT molecular complexity index is 750. The van der Waals surface area contributed by atoms with Crippen molar-refractivity contribution >= 4 is 18.7 Å². The van der Waals surface area contributed by atoms with Crippen molar-refractivity contribution < 1.29 is 14.7 Å². The Hall–Kier alpha value is -2.96. The van der Waals surface area contributed by atoms with E-state index in [9.17, 15) is 0 Å². The van der Waals surface area contributed by atoms with Crippen molar-refractivity contribution in [3.8, 4) is 5.75 Å². The van der Waals surface area contributed by atoms with Gasteiger partial charge in [0.1, 0.15) is 5.75 Å². The predicted molar refractivity (Wildman–Crippen MR) is 137 cm³/mol. The molecule has 2 N–H and O–H groups in total. The largest absolute Gasteiger partial charge is 0.707 e. The lowest BCUT2D eigenvalue weighted by Crippen LogP contribution is -2.21. The Morgan fingerprint density at radius 3 is 1.16 bits per heavy atom. The van der Waals surface area contributed by atoms with Crippen LogP contribution in [0.5, 0.6) is 5.75 Å². The number of hydrogen-bond acceptors (Lipinski definition) is 5. The van der Waals surface area contributed by atoms with Gasteiger partial charge in [0.25, 0.3) is 0 Å². The zero-order chi connectivity index (χ0) is 23.6. The van der Waals surface area contributed by atoms with E-state index in [1.165, 1.54) is 11.4 Å². The summed E-state index contributed by atoms with van der Waals surface area (Å²) in [5.41, 5.74) is 2.63. The summed E-state index contributed by atoms with van der Waals surface area (Å²) in [5, 5.41) is 16.7. The lowest BCUT2D eigenvalue weighted by Gasteiger charge is -2.20. The number of rotatable bonds is 8. The second kappa shape index (κ2) is 16.7. The van der Waals surface area contributed by atoms with E-state index < -0.39 is 7.32 Å². The molecule has 0 amide bonds. The van der Waals surface area contributed by atoms with Gasteiger partial charge in [-0.3, -0.25) is 0 Å². The number of benzene rings is 3. The Labute approximate surface area is 194 Å². The van der Waals surface area contributed by atoms with E-state index in [4.69, 9.17) is 10.0 Å². The van der Waals surface area contributed by atoms with Crippen LogP contribution in [0.3, 0.4) is 0 Å². The van der Waals surface area contributed by atoms with Gasteiger partial charge in [-0.1, -0.05) is 54.6 Å². The first-order valence-electron chi connectivity index (χ1n) is 11.2. The fraction of sp³-hybridized carbons (Fsp3) is 0.308. The lowest BCUT2D eigenvalue weighted by atomic mass is 10.2. The molecule has 0 aliphatic rings. The smallest absolute Gasteiger partial charge is 0.512 e. The van der Waals surface area contributed by atoms with Crippen molar-refractivity contribution in [2.45, 2.75) is 27.7 Å². The fourth-order valence-corrected chi connectivity index (χ4v) is 3.08. The highest BCUT2D eigenvalue weighted by atomic mass is 16.6. The summed E-state index contributed by atoms with van der Waals surface area (Å²) in [6, 6.07) is 29.6. The third-order valence-electron chi connectivity index (χ3n) is 4.75. The molecule has 0 bridgehead atoms. The van der Waals surface area contributed by atoms with Crippen LogP contribution in [0.2, 0.25) is 0 Å². The van der Waals surface area contributed by atoms with Gasteiger partial charge in [0.2, 0.25) is 0 Å². The maximum Gasteiger partial charge on any atom is 0.707 e. The van der Waals surface area contributed by atoms with Crippen LogP contribution in [-0.4, -0.2) is 43.5 Å². The molecule has 3 aromatic rings. The molecule has 0 radical (unpaired) electrons. The lowest BCUT2D eigenvalue weighted by molar-refractivity contribution is 0.288. The number of hydrogen-bond donors (Lipinski definition) is 2. The molecule has 0 saturated heterocycles. The van der Waals surface area contributed by atoms with Gasteiger partial charge in [0.15, 0.2) is 0 Å². The summed E-state index contributed by atoms with van der Waals surface area (Å²) in [4.78, 5) is 4.67. The highest BCUT2D eigenvalue weighted by molar-refractivity contribution is 6.33. The average Bonchev–Trinajstić information content (AvgIpc) is 2.83. The summed E-state index contributed by atoms with van der Waals surface area (Å²) >= 11 is 0. The molecule has 3 rings (SSSR count). The molecular formula is C26H37BN2O3. The predicted octanol–water partition coefficient (Wildman–Crippen LogP) is 5.10. The van der Waals surface area contributed by atoms with Crippen LogP contribution in [0.4, 0.5) is 11.4 Å². The number of para-hydroxylation sites is 3. The second-order valence-corrected chi connectivity index (χ2v) is 6.77. The zero-order valence-corrected chi connectivity index (χ0v) is 19.8. The molecule has 5 nitrogen and oxygen atoms in total.